The predicted octanol–water partition coefficient (Wildman–Crippen LogP) is -0.443. The molecule has 0 aliphatic carbocycles. The Hall–Kier alpha value is -1.07. The quantitative estimate of drug-likeness (QED) is 0.508. The van der Waals surface area contributed by atoms with Gasteiger partial charge in [0.15, 0.2) is 0 Å². The highest BCUT2D eigenvalue weighted by atomic mass is 16.5. The van der Waals surface area contributed by atoms with Crippen molar-refractivity contribution in [1.82, 2.24) is 0 Å². The lowest BCUT2D eigenvalue weighted by Gasteiger charge is -1.95. The van der Waals surface area contributed by atoms with Gasteiger partial charge in [0.2, 0.25) is 0 Å². The number of carbonyl (C=O) groups is 1. The second-order valence-corrected chi connectivity index (χ2v) is 1.74. The summed E-state index contributed by atoms with van der Waals surface area (Å²) in [5.74, 6) is -1.07. The van der Waals surface area contributed by atoms with Crippen molar-refractivity contribution in [3.63, 3.8) is 0 Å². The summed E-state index contributed by atoms with van der Waals surface area (Å²) in [5.41, 5.74) is 5.04. The molecule has 0 amide bonds. The van der Waals surface area contributed by atoms with Crippen molar-refractivity contribution in [3.05, 3.63) is 12.3 Å². The fourth-order valence-corrected chi connectivity index (χ4v) is 0.246. The number of aliphatic hydroxyl groups excluding tert-OH is 1. The van der Waals surface area contributed by atoms with Crippen LogP contribution >= 0.6 is 0 Å². The number of hydrogen-bond acceptors (Lipinski definition) is 4. The van der Waals surface area contributed by atoms with Crippen LogP contribution in [-0.2, 0) is 9.53 Å². The minimum Gasteiger partial charge on any atom is -0.505 e. The molecule has 0 aromatic heterocycles. The van der Waals surface area contributed by atoms with Crippen LogP contribution in [0.5, 0.6) is 0 Å². The second kappa shape index (κ2) is 9.93. The van der Waals surface area contributed by atoms with Gasteiger partial charge in [0, 0.05) is 6.61 Å². The molecule has 0 unspecified atom stereocenters. The van der Waals surface area contributed by atoms with Crippen LogP contribution in [0, 0.1) is 0 Å². The van der Waals surface area contributed by atoms with E-state index in [1.54, 1.807) is 6.92 Å². The van der Waals surface area contributed by atoms with Crippen LogP contribution in [0.25, 0.3) is 0 Å². The molecule has 5 nitrogen and oxygen atoms in total. The van der Waals surface area contributed by atoms with Gasteiger partial charge in [-0.15, -0.1) is 0 Å². The number of aliphatic carboxylic acids is 1. The number of carboxylic acid groups (broad SMARTS) is 1. The van der Waals surface area contributed by atoms with E-state index < -0.39 is 12.0 Å². The molecule has 0 aliphatic heterocycles. The smallest absolute Gasteiger partial charge is 0.324 e. The number of hydrogen-bond donors (Lipinski definition) is 3. The normalized spacial score (nSPS) is 11.7. The Morgan fingerprint density at radius 1 is 1.75 bits per heavy atom. The first-order valence-corrected chi connectivity index (χ1v) is 3.38. The SMILES string of the molecule is CCO.CO/C=C\[C@H](N)C(=O)O. The topological polar surface area (TPSA) is 92.8 Å². The van der Waals surface area contributed by atoms with Gasteiger partial charge in [-0.3, -0.25) is 4.79 Å². The van der Waals surface area contributed by atoms with E-state index >= 15 is 0 Å². The van der Waals surface area contributed by atoms with Crippen molar-refractivity contribution in [2.45, 2.75) is 13.0 Å². The second-order valence-electron chi connectivity index (χ2n) is 1.74. The van der Waals surface area contributed by atoms with E-state index in [1.807, 2.05) is 0 Å². The fraction of sp³-hybridized carbons (Fsp3) is 0.571. The van der Waals surface area contributed by atoms with Crippen molar-refractivity contribution in [1.29, 1.82) is 0 Å². The highest BCUT2D eigenvalue weighted by Crippen LogP contribution is 1.81. The summed E-state index contributed by atoms with van der Waals surface area (Å²) >= 11 is 0. The van der Waals surface area contributed by atoms with E-state index in [9.17, 15) is 4.79 Å². The Kier molecular flexibility index (Phi) is 11.2. The monoisotopic (exact) mass is 177 g/mol. The number of methoxy groups -OCH3 is 1. The van der Waals surface area contributed by atoms with Gasteiger partial charge in [-0.25, -0.2) is 0 Å². The molecule has 0 aromatic carbocycles. The molecule has 0 saturated carbocycles. The highest BCUT2D eigenvalue weighted by Gasteiger charge is 2.04. The summed E-state index contributed by atoms with van der Waals surface area (Å²) in [6.45, 7) is 1.93. The molecule has 12 heavy (non-hydrogen) atoms. The maximum Gasteiger partial charge on any atom is 0.324 e. The summed E-state index contributed by atoms with van der Waals surface area (Å²) < 4.78 is 4.44. The minimum absolute atomic E-state index is 0.250. The van der Waals surface area contributed by atoms with E-state index in [0.717, 1.165) is 0 Å². The molecule has 0 aliphatic rings. The van der Waals surface area contributed by atoms with E-state index in [-0.39, 0.29) is 6.61 Å². The van der Waals surface area contributed by atoms with E-state index in [2.05, 4.69) is 4.74 Å². The van der Waals surface area contributed by atoms with Crippen molar-refractivity contribution < 1.29 is 19.7 Å². The molecule has 0 saturated heterocycles. The lowest BCUT2D eigenvalue weighted by Crippen LogP contribution is -2.27. The zero-order valence-electron chi connectivity index (χ0n) is 7.23. The van der Waals surface area contributed by atoms with Crippen LogP contribution in [0.3, 0.4) is 0 Å². The Balaban J connectivity index is 0. The lowest BCUT2D eigenvalue weighted by molar-refractivity contribution is -0.137. The Labute approximate surface area is 71.4 Å². The van der Waals surface area contributed by atoms with Crippen LogP contribution < -0.4 is 5.73 Å². The average molecular weight is 177 g/mol. The largest absolute Gasteiger partial charge is 0.505 e. The zero-order valence-corrected chi connectivity index (χ0v) is 7.23. The van der Waals surface area contributed by atoms with Crippen LogP contribution in [-0.4, -0.2) is 35.9 Å². The fourth-order valence-electron chi connectivity index (χ4n) is 0.246. The average Bonchev–Trinajstić information content (AvgIpc) is 2.01. The number of rotatable bonds is 3. The molecular formula is C7H15NO4. The van der Waals surface area contributed by atoms with Crippen molar-refractivity contribution >= 4 is 5.97 Å². The molecule has 0 rings (SSSR count). The minimum atomic E-state index is -1.07. The molecular weight excluding hydrogens is 162 g/mol. The molecule has 5 heteroatoms. The van der Waals surface area contributed by atoms with Gasteiger partial charge < -0.3 is 20.7 Å². The third-order valence-corrected chi connectivity index (χ3v) is 0.707. The van der Waals surface area contributed by atoms with Gasteiger partial charge in [-0.2, -0.15) is 0 Å². The Morgan fingerprint density at radius 2 is 2.17 bits per heavy atom. The first kappa shape index (κ1) is 13.5. The van der Waals surface area contributed by atoms with Gasteiger partial charge >= 0.3 is 5.97 Å². The molecule has 0 spiro atoms. The highest BCUT2D eigenvalue weighted by molar-refractivity contribution is 5.75. The number of aliphatic hydroxyl groups is 1. The zero-order chi connectivity index (χ0) is 9.98. The molecule has 0 radical (unpaired) electrons. The van der Waals surface area contributed by atoms with Crippen molar-refractivity contribution in [2.75, 3.05) is 13.7 Å². The van der Waals surface area contributed by atoms with Crippen LogP contribution in [0.1, 0.15) is 6.92 Å². The molecule has 1 atom stereocenters. The van der Waals surface area contributed by atoms with Crippen molar-refractivity contribution in [2.24, 2.45) is 5.73 Å². The summed E-state index contributed by atoms with van der Waals surface area (Å²) in [6, 6.07) is -0.968. The van der Waals surface area contributed by atoms with Gasteiger partial charge in [0.1, 0.15) is 6.04 Å². The van der Waals surface area contributed by atoms with Gasteiger partial charge in [0.05, 0.1) is 13.4 Å². The summed E-state index contributed by atoms with van der Waals surface area (Å²) in [7, 11) is 1.42. The lowest BCUT2D eigenvalue weighted by atomic mass is 10.3. The molecule has 0 bridgehead atoms. The van der Waals surface area contributed by atoms with Gasteiger partial charge in [0.25, 0.3) is 0 Å². The molecule has 4 N–H and O–H groups in total. The summed E-state index contributed by atoms with van der Waals surface area (Å²) in [6.07, 6.45) is 2.49. The summed E-state index contributed by atoms with van der Waals surface area (Å²) in [4.78, 5) is 9.97. The molecule has 72 valence electrons. The third kappa shape index (κ3) is 11.7. The third-order valence-electron chi connectivity index (χ3n) is 0.707. The van der Waals surface area contributed by atoms with E-state index in [0.29, 0.717) is 0 Å². The maximum absolute atomic E-state index is 9.97. The maximum atomic E-state index is 9.97. The Bertz CT molecular complexity index is 135. The molecule has 0 fully saturated rings. The Morgan fingerprint density at radius 3 is 2.42 bits per heavy atom. The first-order valence-electron chi connectivity index (χ1n) is 3.38. The first-order chi connectivity index (χ1) is 5.59. The summed E-state index contributed by atoms with van der Waals surface area (Å²) in [5, 5.41) is 15.7. The van der Waals surface area contributed by atoms with E-state index in [1.165, 1.54) is 19.4 Å². The molecule has 0 heterocycles. The van der Waals surface area contributed by atoms with Crippen molar-refractivity contribution in [3.8, 4) is 0 Å². The van der Waals surface area contributed by atoms with Gasteiger partial charge in [-0.05, 0) is 13.0 Å². The number of nitrogens with two attached hydrogens (primary N) is 1. The number of ether oxygens (including phenoxy) is 1. The van der Waals surface area contributed by atoms with Crippen LogP contribution in [0.4, 0.5) is 0 Å². The molecule has 0 aromatic rings. The van der Waals surface area contributed by atoms with Gasteiger partial charge in [-0.1, -0.05) is 0 Å². The van der Waals surface area contributed by atoms with Crippen LogP contribution in [0.2, 0.25) is 0 Å². The van der Waals surface area contributed by atoms with Crippen LogP contribution in [0.15, 0.2) is 12.3 Å². The van der Waals surface area contributed by atoms with E-state index in [4.69, 9.17) is 15.9 Å². The predicted molar refractivity (Wildman–Crippen MR) is 44.5 cm³/mol. The standard InChI is InChI=1S/C5H9NO3.C2H6O/c1-9-3-2-4(6)5(7)8;1-2-3/h2-4H,6H2,1H3,(H,7,8);3H,2H2,1H3/b3-2-;/t4-;/m0./s1. The number of carboxylic acids is 1.